The topological polar surface area (TPSA) is 118 Å². The van der Waals surface area contributed by atoms with Crippen molar-refractivity contribution >= 4 is 17.8 Å². The number of hydrogen-bond acceptors (Lipinski definition) is 6. The fourth-order valence-corrected chi connectivity index (χ4v) is 5.27. The number of piperidine rings is 1. The highest BCUT2D eigenvalue weighted by Gasteiger charge is 2.57. The molecule has 2 atom stereocenters. The van der Waals surface area contributed by atoms with Gasteiger partial charge < -0.3 is 19.6 Å². The van der Waals surface area contributed by atoms with E-state index in [-0.39, 0.29) is 23.8 Å². The number of alkyl halides is 3. The molecule has 0 unspecified atom stereocenters. The van der Waals surface area contributed by atoms with Gasteiger partial charge in [-0.2, -0.15) is 18.3 Å². The van der Waals surface area contributed by atoms with Gasteiger partial charge in [-0.1, -0.05) is 6.07 Å². The van der Waals surface area contributed by atoms with Gasteiger partial charge in [0.05, 0.1) is 30.7 Å². The van der Waals surface area contributed by atoms with Crippen molar-refractivity contribution in [2.24, 2.45) is 5.41 Å². The molecule has 4 rings (SSSR count). The van der Waals surface area contributed by atoms with E-state index < -0.39 is 17.6 Å². The van der Waals surface area contributed by atoms with Crippen molar-refractivity contribution in [1.29, 1.82) is 0 Å². The van der Waals surface area contributed by atoms with Crippen LogP contribution in [-0.4, -0.2) is 87.0 Å². The van der Waals surface area contributed by atoms with Crippen LogP contribution in [0.15, 0.2) is 36.7 Å². The van der Waals surface area contributed by atoms with Gasteiger partial charge in [0.1, 0.15) is 0 Å². The highest BCUT2D eigenvalue weighted by atomic mass is 19.4. The second-order valence-electron chi connectivity index (χ2n) is 9.97. The third-order valence-electron chi connectivity index (χ3n) is 7.05. The summed E-state index contributed by atoms with van der Waals surface area (Å²) in [5, 5.41) is 11.7. The molecule has 0 aliphatic carbocycles. The molecule has 214 valence electrons. The van der Waals surface area contributed by atoms with Gasteiger partial charge in [0.15, 0.2) is 0 Å². The van der Waals surface area contributed by atoms with Gasteiger partial charge >= 0.3 is 12.1 Å². The van der Waals surface area contributed by atoms with Crippen LogP contribution in [0.2, 0.25) is 0 Å². The number of halogens is 3. The van der Waals surface area contributed by atoms with Crippen molar-refractivity contribution in [2.75, 3.05) is 33.4 Å². The molecular weight excluding hydrogens is 519 g/mol. The molecule has 0 bridgehead atoms. The average molecular weight is 554 g/mol. The number of aliphatic carboxylic acids is 1. The van der Waals surface area contributed by atoms with Crippen molar-refractivity contribution in [3.05, 3.63) is 48.0 Å². The Morgan fingerprint density at radius 2 is 1.95 bits per heavy atom. The first-order valence-corrected chi connectivity index (χ1v) is 12.7. The monoisotopic (exact) mass is 553 g/mol. The predicted molar refractivity (Wildman–Crippen MR) is 133 cm³/mol. The Hall–Kier alpha value is -3.48. The zero-order valence-corrected chi connectivity index (χ0v) is 22.2. The lowest BCUT2D eigenvalue weighted by molar-refractivity contribution is -0.192. The Labute approximate surface area is 224 Å². The molecule has 0 radical (unpaired) electrons. The largest absolute Gasteiger partial charge is 0.490 e. The second kappa shape index (κ2) is 12.6. The number of pyridine rings is 1. The number of carbonyl (C=O) groups excluding carboxylic acids is 2. The number of carboxylic acids is 1. The van der Waals surface area contributed by atoms with Crippen LogP contribution in [-0.2, 0) is 25.7 Å². The van der Waals surface area contributed by atoms with Crippen molar-refractivity contribution in [3.8, 4) is 0 Å². The molecule has 39 heavy (non-hydrogen) atoms. The number of likely N-dealkylation sites (tertiary alicyclic amines) is 2. The number of aromatic nitrogens is 3. The fraction of sp³-hybridized carbons (Fsp3) is 0.577. The van der Waals surface area contributed by atoms with Gasteiger partial charge in [0.25, 0.3) is 0 Å². The molecule has 2 amide bonds. The number of ether oxygens (including phenoxy) is 1. The molecule has 1 N–H and O–H groups in total. The van der Waals surface area contributed by atoms with Crippen LogP contribution in [0.3, 0.4) is 0 Å². The van der Waals surface area contributed by atoms with Crippen molar-refractivity contribution in [2.45, 2.75) is 57.8 Å². The van der Waals surface area contributed by atoms with Crippen molar-refractivity contribution in [3.63, 3.8) is 0 Å². The van der Waals surface area contributed by atoms with Gasteiger partial charge in [0, 0.05) is 56.8 Å². The molecule has 2 aliphatic heterocycles. The minimum Gasteiger partial charge on any atom is -0.475 e. The zero-order chi connectivity index (χ0) is 28.8. The maximum absolute atomic E-state index is 14.0. The maximum atomic E-state index is 14.0. The van der Waals surface area contributed by atoms with Gasteiger partial charge in [-0.25, -0.2) is 4.79 Å². The summed E-state index contributed by atoms with van der Waals surface area (Å²) in [4.78, 5) is 44.1. The Morgan fingerprint density at radius 3 is 2.54 bits per heavy atom. The number of hydrogen-bond donors (Lipinski definition) is 1. The number of nitrogens with zero attached hydrogens (tertiary/aromatic N) is 5. The molecule has 4 heterocycles. The van der Waals surface area contributed by atoms with E-state index in [1.807, 2.05) is 38.7 Å². The molecule has 2 aromatic rings. The molecule has 10 nitrogen and oxygen atoms in total. The first kappa shape index (κ1) is 30.1. The lowest BCUT2D eigenvalue weighted by atomic mass is 9.70. The van der Waals surface area contributed by atoms with Gasteiger partial charge in [-0.15, -0.1) is 0 Å². The van der Waals surface area contributed by atoms with E-state index in [0.29, 0.717) is 39.2 Å². The molecule has 2 saturated heterocycles. The number of rotatable bonds is 7. The van der Waals surface area contributed by atoms with Crippen LogP contribution in [0, 0.1) is 5.41 Å². The van der Waals surface area contributed by atoms with E-state index in [1.165, 1.54) is 0 Å². The quantitative estimate of drug-likeness (QED) is 0.559. The van der Waals surface area contributed by atoms with Crippen LogP contribution in [0.25, 0.3) is 0 Å². The lowest BCUT2D eigenvalue weighted by Gasteiger charge is -2.42. The van der Waals surface area contributed by atoms with E-state index >= 15 is 0 Å². The number of methoxy groups -OCH3 is 1. The van der Waals surface area contributed by atoms with Gasteiger partial charge in [-0.3, -0.25) is 19.3 Å². The van der Waals surface area contributed by atoms with Crippen LogP contribution < -0.4 is 0 Å². The van der Waals surface area contributed by atoms with E-state index in [1.54, 1.807) is 19.5 Å². The third-order valence-corrected chi connectivity index (χ3v) is 7.05. The Kier molecular flexibility index (Phi) is 9.70. The molecule has 2 aromatic heterocycles. The van der Waals surface area contributed by atoms with E-state index in [4.69, 9.17) is 14.6 Å². The Bertz CT molecular complexity index is 1140. The van der Waals surface area contributed by atoms with E-state index in [0.717, 1.165) is 24.2 Å². The summed E-state index contributed by atoms with van der Waals surface area (Å²) in [6.45, 7) is 6.76. The molecule has 13 heteroatoms. The third kappa shape index (κ3) is 6.94. The second-order valence-corrected chi connectivity index (χ2v) is 9.97. The Balaban J connectivity index is 0.000000532. The van der Waals surface area contributed by atoms with Gasteiger partial charge in [0.2, 0.25) is 11.8 Å². The molecular formula is C26H34F3N5O5. The lowest BCUT2D eigenvalue weighted by Crippen LogP contribution is -2.52. The molecule has 0 saturated carbocycles. The summed E-state index contributed by atoms with van der Waals surface area (Å²) < 4.78 is 38.9. The van der Waals surface area contributed by atoms with Crippen molar-refractivity contribution in [1.82, 2.24) is 24.6 Å². The molecule has 2 fully saturated rings. The van der Waals surface area contributed by atoms with Crippen LogP contribution in [0.5, 0.6) is 0 Å². The minimum absolute atomic E-state index is 0.0407. The average Bonchev–Trinajstić information content (AvgIpc) is 3.52. The molecule has 0 aromatic carbocycles. The summed E-state index contributed by atoms with van der Waals surface area (Å²) in [5.41, 5.74) is 1.28. The standard InChI is InChI=1S/C24H33N5O3.C2HF3O2/c1-18(2)29-21(8-12-26-29)20-16-28(22(30)9-14-32-3)17-24(20)10-6-13-27(23(24)31)15-19-7-4-5-11-25-19;3-2(4,5)1(6)7/h4-5,7-8,11-12,18,20H,6,9-10,13-17H2,1-3H3;(H,6,7)/t20-,24+;/m0./s1. The first-order chi connectivity index (χ1) is 18.4. The number of amides is 2. The summed E-state index contributed by atoms with van der Waals surface area (Å²) in [7, 11) is 1.60. The van der Waals surface area contributed by atoms with Crippen LogP contribution in [0.4, 0.5) is 13.2 Å². The summed E-state index contributed by atoms with van der Waals surface area (Å²) in [5.74, 6) is -2.68. The summed E-state index contributed by atoms with van der Waals surface area (Å²) >= 11 is 0. The smallest absolute Gasteiger partial charge is 0.475 e. The van der Waals surface area contributed by atoms with Crippen LogP contribution in [0.1, 0.15) is 56.5 Å². The van der Waals surface area contributed by atoms with Crippen molar-refractivity contribution < 1.29 is 37.4 Å². The normalized spacial score (nSPS) is 21.3. The number of carboxylic acid groups (broad SMARTS) is 1. The summed E-state index contributed by atoms with van der Waals surface area (Å²) in [6.07, 6.45) is 0.485. The zero-order valence-electron chi connectivity index (χ0n) is 22.2. The van der Waals surface area contributed by atoms with Gasteiger partial charge in [-0.05, 0) is 44.9 Å². The van der Waals surface area contributed by atoms with E-state index in [2.05, 4.69) is 23.9 Å². The first-order valence-electron chi connectivity index (χ1n) is 12.7. The fourth-order valence-electron chi connectivity index (χ4n) is 5.27. The molecule has 2 aliphatic rings. The highest BCUT2D eigenvalue weighted by molar-refractivity contribution is 5.87. The molecule has 1 spiro atoms. The predicted octanol–water partition coefficient (Wildman–Crippen LogP) is 3.26. The van der Waals surface area contributed by atoms with E-state index in [9.17, 15) is 22.8 Å². The number of carbonyl (C=O) groups is 3. The maximum Gasteiger partial charge on any atom is 0.490 e. The highest BCUT2D eigenvalue weighted by Crippen LogP contribution is 2.50. The van der Waals surface area contributed by atoms with Crippen LogP contribution >= 0.6 is 0 Å². The SMILES string of the molecule is COCCC(=O)N1C[C@@H](c2ccnn2C(C)C)[C@@]2(CCCN(Cc3ccccn3)C2=O)C1.O=C(O)C(F)(F)F. The summed E-state index contributed by atoms with van der Waals surface area (Å²) in [6, 6.07) is 7.98. The Morgan fingerprint density at radius 1 is 1.23 bits per heavy atom. The minimum atomic E-state index is -5.08.